The summed E-state index contributed by atoms with van der Waals surface area (Å²) in [6, 6.07) is 0. The van der Waals surface area contributed by atoms with Crippen LogP contribution in [0.15, 0.2) is 0 Å². The van der Waals surface area contributed by atoms with E-state index in [4.69, 9.17) is 5.11 Å². The number of hydrogen-bond donors (Lipinski definition) is 1. The van der Waals surface area contributed by atoms with Crippen LogP contribution < -0.4 is 0 Å². The fraction of sp³-hybridized carbons (Fsp3) is 0.917. The first kappa shape index (κ1) is 13.5. The fourth-order valence-electron chi connectivity index (χ4n) is 1.74. The molecule has 2 atom stereocenters. The number of carboxylic acid groups (broad SMARTS) is 1. The van der Waals surface area contributed by atoms with Gasteiger partial charge in [-0.05, 0) is 18.3 Å². The maximum atomic E-state index is 9.70. The van der Waals surface area contributed by atoms with E-state index in [9.17, 15) is 4.79 Å². The Morgan fingerprint density at radius 1 is 1.21 bits per heavy atom. The van der Waals surface area contributed by atoms with Crippen molar-refractivity contribution in [1.29, 1.82) is 0 Å². The van der Waals surface area contributed by atoms with Gasteiger partial charge in [0.2, 0.25) is 0 Å². The zero-order valence-corrected chi connectivity index (χ0v) is 9.92. The zero-order valence-electron chi connectivity index (χ0n) is 9.92. The van der Waals surface area contributed by atoms with Crippen LogP contribution in [-0.4, -0.2) is 11.1 Å². The molecule has 0 aromatic rings. The molecule has 0 aromatic heterocycles. The third kappa shape index (κ3) is 6.93. The molecule has 0 aliphatic heterocycles. The minimum atomic E-state index is -0.741. The van der Waals surface area contributed by atoms with Gasteiger partial charge in [-0.1, -0.05) is 47.0 Å². The minimum absolute atomic E-state index is 0.231. The molecule has 0 bridgehead atoms. The molecule has 1 aliphatic carbocycles. The predicted octanol–water partition coefficient (Wildman–Crippen LogP) is 3.56. The molecule has 1 rings (SSSR count). The van der Waals surface area contributed by atoms with Crippen molar-refractivity contribution in [2.45, 2.75) is 53.4 Å². The smallest absolute Gasteiger partial charge is 0.305 e. The molecule has 2 heteroatoms. The number of hydrogen-bond acceptors (Lipinski definition) is 1. The molecule has 2 nitrogen and oxygen atoms in total. The highest BCUT2D eigenvalue weighted by Gasteiger charge is 2.13. The molecule has 0 radical (unpaired) electrons. The molecule has 2 unspecified atom stereocenters. The second-order valence-corrected chi connectivity index (χ2v) is 4.87. The van der Waals surface area contributed by atoms with Crippen molar-refractivity contribution in [2.24, 2.45) is 17.8 Å². The highest BCUT2D eigenvalue weighted by atomic mass is 16.4. The van der Waals surface area contributed by atoms with Gasteiger partial charge in [-0.3, -0.25) is 4.79 Å². The maximum absolute atomic E-state index is 9.70. The van der Waals surface area contributed by atoms with Crippen LogP contribution >= 0.6 is 0 Å². The lowest BCUT2D eigenvalue weighted by Crippen LogP contribution is -2.09. The molecule has 0 aromatic carbocycles. The summed E-state index contributed by atoms with van der Waals surface area (Å²) in [6.07, 6.45) is 5.90. The van der Waals surface area contributed by atoms with E-state index in [1.54, 1.807) is 13.8 Å². The second kappa shape index (κ2) is 6.86. The first-order chi connectivity index (χ1) is 6.43. The highest BCUT2D eigenvalue weighted by molar-refractivity contribution is 5.68. The number of aliphatic carboxylic acids is 1. The third-order valence-corrected chi connectivity index (χ3v) is 2.69. The lowest BCUT2D eigenvalue weighted by Gasteiger charge is -2.22. The van der Waals surface area contributed by atoms with Gasteiger partial charge < -0.3 is 5.11 Å². The minimum Gasteiger partial charge on any atom is -0.481 e. The summed E-state index contributed by atoms with van der Waals surface area (Å²) in [5.41, 5.74) is 0. The Bertz CT molecular complexity index is 156. The molecule has 84 valence electrons. The molecule has 1 N–H and O–H groups in total. The molecule has 1 aliphatic rings. The molecular weight excluding hydrogens is 176 g/mol. The van der Waals surface area contributed by atoms with Crippen molar-refractivity contribution in [3.63, 3.8) is 0 Å². The van der Waals surface area contributed by atoms with Crippen molar-refractivity contribution in [2.75, 3.05) is 0 Å². The molecule has 0 saturated heterocycles. The summed E-state index contributed by atoms with van der Waals surface area (Å²) in [4.78, 5) is 9.70. The van der Waals surface area contributed by atoms with E-state index in [1.807, 2.05) is 0 Å². The van der Waals surface area contributed by atoms with Gasteiger partial charge in [-0.15, -0.1) is 0 Å². The quantitative estimate of drug-likeness (QED) is 0.702. The Kier molecular flexibility index (Phi) is 6.60. The van der Waals surface area contributed by atoms with Crippen molar-refractivity contribution in [3.05, 3.63) is 0 Å². The number of carbonyl (C=O) groups is 1. The molecule has 14 heavy (non-hydrogen) atoms. The lowest BCUT2D eigenvalue weighted by atomic mass is 9.84. The van der Waals surface area contributed by atoms with Crippen molar-refractivity contribution < 1.29 is 9.90 Å². The summed E-state index contributed by atoms with van der Waals surface area (Å²) in [5.74, 6) is 1.05. The molecule has 0 amide bonds. The topological polar surface area (TPSA) is 37.3 Å². The van der Waals surface area contributed by atoms with Gasteiger partial charge in [0.15, 0.2) is 0 Å². The van der Waals surface area contributed by atoms with Gasteiger partial charge in [-0.2, -0.15) is 0 Å². The van der Waals surface area contributed by atoms with Crippen LogP contribution in [0.3, 0.4) is 0 Å². The summed E-state index contributed by atoms with van der Waals surface area (Å²) >= 11 is 0. The van der Waals surface area contributed by atoms with Gasteiger partial charge in [0.1, 0.15) is 0 Å². The maximum Gasteiger partial charge on any atom is 0.305 e. The molecule has 1 saturated carbocycles. The summed E-state index contributed by atoms with van der Waals surface area (Å²) in [7, 11) is 0. The zero-order chi connectivity index (χ0) is 11.1. The summed E-state index contributed by atoms with van der Waals surface area (Å²) < 4.78 is 0. The van der Waals surface area contributed by atoms with Crippen LogP contribution in [-0.2, 0) is 4.79 Å². The molecular formula is C12H24O2. The van der Waals surface area contributed by atoms with Gasteiger partial charge >= 0.3 is 5.97 Å². The monoisotopic (exact) mass is 200 g/mol. The second-order valence-electron chi connectivity index (χ2n) is 4.87. The van der Waals surface area contributed by atoms with Crippen LogP contribution in [0.5, 0.6) is 0 Å². The van der Waals surface area contributed by atoms with Crippen molar-refractivity contribution in [3.8, 4) is 0 Å². The van der Waals surface area contributed by atoms with E-state index in [-0.39, 0.29) is 5.92 Å². The average molecular weight is 200 g/mol. The average Bonchev–Trinajstić information content (AvgIpc) is 2.04. The third-order valence-electron chi connectivity index (χ3n) is 2.69. The first-order valence-corrected chi connectivity index (χ1v) is 5.66. The van der Waals surface area contributed by atoms with E-state index in [1.165, 1.54) is 25.7 Å². The van der Waals surface area contributed by atoms with Crippen LogP contribution in [0.25, 0.3) is 0 Å². The van der Waals surface area contributed by atoms with Gasteiger partial charge in [0.25, 0.3) is 0 Å². The van der Waals surface area contributed by atoms with Gasteiger partial charge in [0, 0.05) is 0 Å². The van der Waals surface area contributed by atoms with Crippen molar-refractivity contribution >= 4 is 5.97 Å². The Labute approximate surface area is 87.7 Å². The Morgan fingerprint density at radius 2 is 1.57 bits per heavy atom. The predicted molar refractivity (Wildman–Crippen MR) is 59.3 cm³/mol. The van der Waals surface area contributed by atoms with E-state index in [0.717, 1.165) is 11.8 Å². The normalized spacial score (nSPS) is 26.6. The number of carboxylic acids is 1. The van der Waals surface area contributed by atoms with E-state index >= 15 is 0 Å². The number of rotatable bonds is 1. The molecule has 1 fully saturated rings. The largest absolute Gasteiger partial charge is 0.481 e. The van der Waals surface area contributed by atoms with Gasteiger partial charge in [-0.25, -0.2) is 0 Å². The highest BCUT2D eigenvalue weighted by Crippen LogP contribution is 2.27. The van der Waals surface area contributed by atoms with Gasteiger partial charge in [0.05, 0.1) is 5.92 Å². The van der Waals surface area contributed by atoms with E-state index < -0.39 is 5.97 Å². The Balaban J connectivity index is 0.000000255. The molecule has 0 heterocycles. The van der Waals surface area contributed by atoms with Crippen molar-refractivity contribution in [1.82, 2.24) is 0 Å². The van der Waals surface area contributed by atoms with Crippen LogP contribution in [0.4, 0.5) is 0 Å². The van der Waals surface area contributed by atoms with E-state index in [2.05, 4.69) is 13.8 Å². The summed E-state index contributed by atoms with van der Waals surface area (Å²) in [6.45, 7) is 8.02. The Hall–Kier alpha value is -0.530. The van der Waals surface area contributed by atoms with Crippen LogP contribution in [0, 0.1) is 17.8 Å². The van der Waals surface area contributed by atoms with Crippen LogP contribution in [0.2, 0.25) is 0 Å². The SMILES string of the molecule is CC(C)C(=O)O.CC1CCCC(C)C1. The first-order valence-electron chi connectivity index (χ1n) is 5.66. The van der Waals surface area contributed by atoms with Crippen LogP contribution in [0.1, 0.15) is 53.4 Å². The molecule has 0 spiro atoms. The Morgan fingerprint density at radius 3 is 1.71 bits per heavy atom. The lowest BCUT2D eigenvalue weighted by molar-refractivity contribution is -0.140. The standard InChI is InChI=1S/C8H16.C4H8O2/c1-7-4-3-5-8(2)6-7;1-3(2)4(5)6/h7-8H,3-6H2,1-2H3;3H,1-2H3,(H,5,6). The summed E-state index contributed by atoms with van der Waals surface area (Å²) in [5, 5.41) is 7.99. The van der Waals surface area contributed by atoms with E-state index in [0.29, 0.717) is 0 Å². The fourth-order valence-corrected chi connectivity index (χ4v) is 1.74.